The second kappa shape index (κ2) is 8.90. The van der Waals surface area contributed by atoms with E-state index in [0.717, 1.165) is 23.6 Å². The number of hydrogen-bond acceptors (Lipinski definition) is 3. The summed E-state index contributed by atoms with van der Waals surface area (Å²) in [6.07, 6.45) is 2.14. The number of nitrogens with zero attached hydrogens (tertiary/aromatic N) is 2. The lowest BCUT2D eigenvalue weighted by molar-refractivity contribution is -0.137. The fourth-order valence-electron chi connectivity index (χ4n) is 3.09. The van der Waals surface area contributed by atoms with Crippen LogP contribution in [-0.2, 0) is 19.0 Å². The number of rotatable bonds is 6. The molecule has 0 aliphatic carbocycles. The van der Waals surface area contributed by atoms with Gasteiger partial charge in [0, 0.05) is 19.0 Å². The van der Waals surface area contributed by atoms with E-state index in [1.165, 1.54) is 24.0 Å². The first kappa shape index (κ1) is 20.6. The molecule has 6 heteroatoms. The van der Waals surface area contributed by atoms with Gasteiger partial charge in [-0.3, -0.25) is 0 Å². The van der Waals surface area contributed by atoms with Crippen LogP contribution >= 0.6 is 0 Å². The molecule has 1 N–H and O–H groups in total. The van der Waals surface area contributed by atoms with Gasteiger partial charge in [0.1, 0.15) is 12.1 Å². The van der Waals surface area contributed by atoms with E-state index in [0.29, 0.717) is 17.1 Å². The van der Waals surface area contributed by atoms with Gasteiger partial charge in [-0.2, -0.15) is 13.2 Å². The molecule has 3 rings (SSSR count). The van der Waals surface area contributed by atoms with Gasteiger partial charge in [0.15, 0.2) is 0 Å². The fraction of sp³-hybridized carbons (Fsp3) is 0.217. The van der Waals surface area contributed by atoms with E-state index in [1.54, 1.807) is 13.1 Å². The Hall–Kier alpha value is -3.15. The Balaban J connectivity index is 1.95. The van der Waals surface area contributed by atoms with E-state index >= 15 is 0 Å². The molecule has 2 aromatic carbocycles. The highest BCUT2D eigenvalue weighted by Crippen LogP contribution is 2.30. The summed E-state index contributed by atoms with van der Waals surface area (Å²) in [7, 11) is 1.76. The van der Waals surface area contributed by atoms with E-state index in [9.17, 15) is 13.2 Å². The quantitative estimate of drug-likeness (QED) is 0.566. The van der Waals surface area contributed by atoms with E-state index < -0.39 is 11.7 Å². The van der Waals surface area contributed by atoms with E-state index in [2.05, 4.69) is 34.3 Å². The molecule has 0 atom stereocenters. The molecule has 0 spiro atoms. The Labute approximate surface area is 168 Å². The van der Waals surface area contributed by atoms with Crippen molar-refractivity contribution in [2.45, 2.75) is 25.9 Å². The van der Waals surface area contributed by atoms with Crippen molar-refractivity contribution in [1.29, 1.82) is 0 Å². The molecule has 1 heterocycles. The van der Waals surface area contributed by atoms with Gasteiger partial charge in [0.05, 0.1) is 11.3 Å². The summed E-state index contributed by atoms with van der Waals surface area (Å²) in [5, 5.41) is 3.03. The molecule has 3 aromatic rings. The third kappa shape index (κ3) is 5.22. The summed E-state index contributed by atoms with van der Waals surface area (Å²) in [6.45, 7) is 2.10. The Morgan fingerprint density at radius 2 is 1.72 bits per heavy atom. The zero-order valence-corrected chi connectivity index (χ0v) is 16.3. The highest BCUT2D eigenvalue weighted by atomic mass is 19.4. The van der Waals surface area contributed by atoms with Crippen LogP contribution in [0.4, 0.5) is 19.0 Å². The topological polar surface area (TPSA) is 37.8 Å². The van der Waals surface area contributed by atoms with Crippen LogP contribution in [0, 0.1) is 0 Å². The normalized spacial score (nSPS) is 11.8. The molecule has 150 valence electrons. The van der Waals surface area contributed by atoms with Crippen molar-refractivity contribution in [2.75, 3.05) is 12.4 Å². The van der Waals surface area contributed by atoms with E-state index in [1.807, 2.05) is 24.3 Å². The molecule has 0 radical (unpaired) electrons. The molecule has 3 nitrogen and oxygen atoms in total. The summed E-state index contributed by atoms with van der Waals surface area (Å²) >= 11 is 0. The molecule has 0 bridgehead atoms. The molecule has 0 aliphatic rings. The van der Waals surface area contributed by atoms with Crippen LogP contribution in [0.15, 0.2) is 54.9 Å². The van der Waals surface area contributed by atoms with E-state index in [4.69, 9.17) is 0 Å². The summed E-state index contributed by atoms with van der Waals surface area (Å²) in [5.41, 5.74) is 3.57. The molecule has 0 fully saturated rings. The van der Waals surface area contributed by atoms with Gasteiger partial charge in [-0.25, -0.2) is 9.97 Å². The van der Waals surface area contributed by atoms with Crippen LogP contribution < -0.4 is 5.32 Å². The molecular weight excluding hydrogens is 375 g/mol. The average Bonchev–Trinajstić information content (AvgIpc) is 2.72. The number of aryl methyl sites for hydroxylation is 1. The zero-order valence-electron chi connectivity index (χ0n) is 16.3. The number of halogens is 3. The molecule has 1 aromatic heterocycles. The first-order chi connectivity index (χ1) is 13.9. The molecule has 0 unspecified atom stereocenters. The van der Waals surface area contributed by atoms with Crippen molar-refractivity contribution in [3.63, 3.8) is 0 Å². The Morgan fingerprint density at radius 1 is 0.966 bits per heavy atom. The van der Waals surface area contributed by atoms with Crippen molar-refractivity contribution < 1.29 is 13.2 Å². The number of aromatic nitrogens is 2. The smallest absolute Gasteiger partial charge is 0.373 e. The third-order valence-corrected chi connectivity index (χ3v) is 4.63. The SMILES string of the molecule is CCc1cccc(/C=C/c2c(Cc3cccc(C(F)(F)F)c3)ncnc2NC)c1. The maximum Gasteiger partial charge on any atom is 0.416 e. The first-order valence-corrected chi connectivity index (χ1v) is 9.35. The number of anilines is 1. The van der Waals surface area contributed by atoms with Gasteiger partial charge < -0.3 is 5.32 Å². The second-order valence-corrected chi connectivity index (χ2v) is 6.64. The number of hydrogen-bond donors (Lipinski definition) is 1. The van der Waals surface area contributed by atoms with Crippen LogP contribution in [0.2, 0.25) is 0 Å². The standard InChI is InChI=1S/C23H22F3N3/c1-3-16-6-4-7-17(12-16)10-11-20-21(28-15-29-22(20)27-2)14-18-8-5-9-19(13-18)23(24,25)26/h4-13,15H,3,14H2,1-2H3,(H,27,28,29)/b11-10+. The van der Waals surface area contributed by atoms with Crippen molar-refractivity contribution >= 4 is 18.0 Å². The van der Waals surface area contributed by atoms with Gasteiger partial charge in [-0.1, -0.05) is 55.5 Å². The minimum absolute atomic E-state index is 0.274. The van der Waals surface area contributed by atoms with Crippen molar-refractivity contribution in [1.82, 2.24) is 9.97 Å². The number of benzene rings is 2. The lowest BCUT2D eigenvalue weighted by atomic mass is 10.0. The van der Waals surface area contributed by atoms with Crippen LogP contribution in [0.1, 0.15) is 40.4 Å². The van der Waals surface area contributed by atoms with Gasteiger partial charge in [-0.15, -0.1) is 0 Å². The summed E-state index contributed by atoms with van der Waals surface area (Å²) in [5.74, 6) is 0.630. The lowest BCUT2D eigenvalue weighted by Crippen LogP contribution is -2.07. The minimum atomic E-state index is -4.37. The minimum Gasteiger partial charge on any atom is -0.373 e. The Kier molecular flexibility index (Phi) is 6.32. The van der Waals surface area contributed by atoms with E-state index in [-0.39, 0.29) is 6.42 Å². The van der Waals surface area contributed by atoms with Crippen LogP contribution in [0.25, 0.3) is 12.2 Å². The number of alkyl halides is 3. The lowest BCUT2D eigenvalue weighted by Gasteiger charge is -2.12. The molecule has 29 heavy (non-hydrogen) atoms. The fourth-order valence-corrected chi connectivity index (χ4v) is 3.09. The molecule has 0 saturated carbocycles. The van der Waals surface area contributed by atoms with Gasteiger partial charge >= 0.3 is 6.18 Å². The molecule has 0 saturated heterocycles. The highest BCUT2D eigenvalue weighted by Gasteiger charge is 2.30. The summed E-state index contributed by atoms with van der Waals surface area (Å²) in [6, 6.07) is 13.5. The van der Waals surface area contributed by atoms with Crippen molar-refractivity contribution in [2.24, 2.45) is 0 Å². The molecular formula is C23H22F3N3. The maximum atomic E-state index is 13.0. The van der Waals surface area contributed by atoms with Crippen LogP contribution in [-0.4, -0.2) is 17.0 Å². The van der Waals surface area contributed by atoms with Crippen molar-refractivity contribution in [3.8, 4) is 0 Å². The monoisotopic (exact) mass is 397 g/mol. The molecule has 0 amide bonds. The van der Waals surface area contributed by atoms with Gasteiger partial charge in [0.2, 0.25) is 0 Å². The highest BCUT2D eigenvalue weighted by molar-refractivity contribution is 5.76. The zero-order chi connectivity index (χ0) is 20.9. The first-order valence-electron chi connectivity index (χ1n) is 9.35. The second-order valence-electron chi connectivity index (χ2n) is 6.64. The Bertz CT molecular complexity index is 1010. The predicted molar refractivity (Wildman–Crippen MR) is 111 cm³/mol. The Morgan fingerprint density at radius 3 is 2.45 bits per heavy atom. The summed E-state index contributed by atoms with van der Waals surface area (Å²) < 4.78 is 39.1. The van der Waals surface area contributed by atoms with Crippen molar-refractivity contribution in [3.05, 3.63) is 88.4 Å². The summed E-state index contributed by atoms with van der Waals surface area (Å²) in [4.78, 5) is 8.59. The largest absolute Gasteiger partial charge is 0.416 e. The van der Waals surface area contributed by atoms with Crippen LogP contribution in [0.5, 0.6) is 0 Å². The van der Waals surface area contributed by atoms with Crippen LogP contribution in [0.3, 0.4) is 0 Å². The maximum absolute atomic E-state index is 13.0. The molecule has 0 aliphatic heterocycles. The van der Waals surface area contributed by atoms with Gasteiger partial charge in [0.25, 0.3) is 0 Å². The van der Waals surface area contributed by atoms with Gasteiger partial charge in [-0.05, 0) is 35.3 Å². The number of nitrogens with one attached hydrogen (secondary N) is 1. The third-order valence-electron chi connectivity index (χ3n) is 4.63. The average molecular weight is 397 g/mol. The predicted octanol–water partition coefficient (Wildman–Crippen LogP) is 5.86.